The van der Waals surface area contributed by atoms with Gasteiger partial charge in [0.2, 0.25) is 0 Å². The molecule has 3 saturated carbocycles. The Hall–Kier alpha value is -0.0400. The number of aliphatic hydroxyl groups excluding tert-OH is 1. The van der Waals surface area contributed by atoms with Crippen LogP contribution in [0, 0.1) is 29.1 Å². The lowest BCUT2D eigenvalue weighted by molar-refractivity contribution is -0.206. The highest BCUT2D eigenvalue weighted by atomic mass is 16.3. The summed E-state index contributed by atoms with van der Waals surface area (Å²) in [4.78, 5) is 0. The highest BCUT2D eigenvalue weighted by molar-refractivity contribution is 5.10. The van der Waals surface area contributed by atoms with Gasteiger partial charge in [0.05, 0.1) is 6.10 Å². The van der Waals surface area contributed by atoms with E-state index in [1.165, 1.54) is 51.4 Å². The summed E-state index contributed by atoms with van der Waals surface area (Å²) in [6.45, 7) is 4.84. The molecule has 3 rings (SSSR count). The van der Waals surface area contributed by atoms with Crippen LogP contribution in [0.4, 0.5) is 0 Å². The van der Waals surface area contributed by atoms with Crippen molar-refractivity contribution < 1.29 is 5.11 Å². The van der Waals surface area contributed by atoms with Crippen molar-refractivity contribution in [3.05, 3.63) is 0 Å². The fourth-order valence-corrected chi connectivity index (χ4v) is 5.96. The van der Waals surface area contributed by atoms with Gasteiger partial charge in [-0.1, -0.05) is 46.0 Å². The van der Waals surface area contributed by atoms with E-state index in [2.05, 4.69) is 13.8 Å². The fourth-order valence-electron chi connectivity index (χ4n) is 5.96. The van der Waals surface area contributed by atoms with Gasteiger partial charge in [-0.05, 0) is 54.8 Å². The van der Waals surface area contributed by atoms with Crippen molar-refractivity contribution in [2.45, 2.75) is 77.7 Å². The lowest BCUT2D eigenvalue weighted by Crippen LogP contribution is -2.62. The van der Waals surface area contributed by atoms with Crippen molar-refractivity contribution >= 4 is 0 Å². The molecule has 104 valence electrons. The fraction of sp³-hybridized carbons (Fsp3) is 1.00. The first-order valence-corrected chi connectivity index (χ1v) is 8.31. The van der Waals surface area contributed by atoms with E-state index in [-0.39, 0.29) is 6.10 Å². The molecule has 0 radical (unpaired) electrons. The van der Waals surface area contributed by atoms with Crippen molar-refractivity contribution in [2.75, 3.05) is 0 Å². The third-order valence-corrected chi connectivity index (χ3v) is 6.49. The lowest BCUT2D eigenvalue weighted by Gasteiger charge is -2.66. The van der Waals surface area contributed by atoms with Crippen LogP contribution in [0.2, 0.25) is 0 Å². The van der Waals surface area contributed by atoms with Crippen LogP contribution < -0.4 is 0 Å². The van der Waals surface area contributed by atoms with Crippen LogP contribution in [0.15, 0.2) is 0 Å². The Morgan fingerprint density at radius 1 is 1.00 bits per heavy atom. The number of rotatable bonds is 0. The maximum absolute atomic E-state index is 10.5. The van der Waals surface area contributed by atoms with E-state index in [0.29, 0.717) is 11.3 Å². The van der Waals surface area contributed by atoms with Gasteiger partial charge in [-0.2, -0.15) is 0 Å². The van der Waals surface area contributed by atoms with Crippen LogP contribution in [0.5, 0.6) is 0 Å². The highest BCUT2D eigenvalue weighted by Crippen LogP contribution is 2.66. The van der Waals surface area contributed by atoms with E-state index < -0.39 is 0 Å². The Kier molecular flexibility index (Phi) is 3.47. The first kappa shape index (κ1) is 13.0. The summed E-state index contributed by atoms with van der Waals surface area (Å²) in [5.41, 5.74) is 0.478. The van der Waals surface area contributed by atoms with Crippen LogP contribution in [-0.4, -0.2) is 11.2 Å². The molecule has 3 aliphatic carbocycles. The van der Waals surface area contributed by atoms with Crippen molar-refractivity contribution in [3.8, 4) is 0 Å². The largest absolute Gasteiger partial charge is 0.393 e. The predicted molar refractivity (Wildman–Crippen MR) is 75.3 cm³/mol. The minimum absolute atomic E-state index is 0.000697. The van der Waals surface area contributed by atoms with Gasteiger partial charge >= 0.3 is 0 Å². The minimum atomic E-state index is 0.000697. The van der Waals surface area contributed by atoms with Gasteiger partial charge in [-0.25, -0.2) is 0 Å². The molecule has 0 aromatic carbocycles. The standard InChI is InChI=1S/C17H30O/c1-12-10-15(18)16-13-8-6-4-3-5-7-9-14(13)17(16,2)11-12/h12-16,18H,3-11H2,1-2H3. The van der Waals surface area contributed by atoms with Crippen molar-refractivity contribution in [1.29, 1.82) is 0 Å². The first-order chi connectivity index (χ1) is 8.63. The molecule has 0 aromatic rings. The topological polar surface area (TPSA) is 20.2 Å². The van der Waals surface area contributed by atoms with Crippen molar-refractivity contribution in [3.63, 3.8) is 0 Å². The van der Waals surface area contributed by atoms with E-state index in [1.807, 2.05) is 0 Å². The molecular weight excluding hydrogens is 220 g/mol. The van der Waals surface area contributed by atoms with Crippen LogP contribution in [-0.2, 0) is 0 Å². The van der Waals surface area contributed by atoms with Gasteiger partial charge in [0.1, 0.15) is 0 Å². The molecule has 6 atom stereocenters. The van der Waals surface area contributed by atoms with Gasteiger partial charge < -0.3 is 5.11 Å². The maximum atomic E-state index is 10.5. The number of hydrogen-bond acceptors (Lipinski definition) is 1. The monoisotopic (exact) mass is 250 g/mol. The average Bonchev–Trinajstić information content (AvgIpc) is 2.38. The second kappa shape index (κ2) is 4.81. The second-order valence-corrected chi connectivity index (χ2v) is 7.76. The molecule has 0 saturated heterocycles. The molecular formula is C17H30O. The van der Waals surface area contributed by atoms with E-state index in [1.54, 1.807) is 0 Å². The summed E-state index contributed by atoms with van der Waals surface area (Å²) in [6.07, 6.45) is 12.4. The van der Waals surface area contributed by atoms with E-state index >= 15 is 0 Å². The molecule has 3 aliphatic rings. The molecule has 0 spiro atoms. The zero-order valence-electron chi connectivity index (χ0n) is 12.2. The Balaban J connectivity index is 1.79. The van der Waals surface area contributed by atoms with Crippen molar-refractivity contribution in [1.82, 2.24) is 0 Å². The summed E-state index contributed by atoms with van der Waals surface area (Å²) >= 11 is 0. The molecule has 0 amide bonds. The van der Waals surface area contributed by atoms with Crippen LogP contribution in [0.3, 0.4) is 0 Å². The Labute approximate surface area is 112 Å². The molecule has 6 unspecified atom stereocenters. The molecule has 1 heteroatoms. The molecule has 0 bridgehead atoms. The summed E-state index contributed by atoms with van der Waals surface area (Å²) in [5, 5.41) is 10.5. The number of fused-ring (bicyclic) bond motifs is 4. The smallest absolute Gasteiger partial charge is 0.0579 e. The molecule has 1 N–H and O–H groups in total. The van der Waals surface area contributed by atoms with Crippen molar-refractivity contribution in [2.24, 2.45) is 29.1 Å². The predicted octanol–water partition coefficient (Wildman–Crippen LogP) is 4.39. The Morgan fingerprint density at radius 2 is 1.67 bits per heavy atom. The first-order valence-electron chi connectivity index (χ1n) is 8.31. The zero-order valence-corrected chi connectivity index (χ0v) is 12.2. The molecule has 18 heavy (non-hydrogen) atoms. The second-order valence-electron chi connectivity index (χ2n) is 7.76. The maximum Gasteiger partial charge on any atom is 0.0579 e. The third-order valence-electron chi connectivity index (χ3n) is 6.49. The number of hydrogen-bond donors (Lipinski definition) is 1. The zero-order chi connectivity index (χ0) is 12.8. The van der Waals surface area contributed by atoms with Crippen LogP contribution in [0.25, 0.3) is 0 Å². The average molecular weight is 250 g/mol. The van der Waals surface area contributed by atoms with Gasteiger partial charge in [-0.3, -0.25) is 0 Å². The van der Waals surface area contributed by atoms with E-state index in [9.17, 15) is 5.11 Å². The van der Waals surface area contributed by atoms with Gasteiger partial charge in [0.15, 0.2) is 0 Å². The number of aliphatic hydroxyl groups is 1. The van der Waals surface area contributed by atoms with Crippen LogP contribution in [0.1, 0.15) is 71.6 Å². The molecule has 0 aliphatic heterocycles. The van der Waals surface area contributed by atoms with Gasteiger partial charge in [0, 0.05) is 0 Å². The molecule has 3 fully saturated rings. The van der Waals surface area contributed by atoms with E-state index in [0.717, 1.165) is 24.2 Å². The summed E-state index contributed by atoms with van der Waals surface area (Å²) in [7, 11) is 0. The van der Waals surface area contributed by atoms with E-state index in [4.69, 9.17) is 0 Å². The van der Waals surface area contributed by atoms with Gasteiger partial charge in [-0.15, -0.1) is 0 Å². The SMILES string of the molecule is CC1CC(O)C2C3CCCCCCCC3C2(C)C1. The normalized spacial score (nSPS) is 53.2. The minimum Gasteiger partial charge on any atom is -0.393 e. The summed E-state index contributed by atoms with van der Waals surface area (Å²) in [5.74, 6) is 3.15. The molecule has 1 nitrogen and oxygen atoms in total. The quantitative estimate of drug-likeness (QED) is 0.676. The Morgan fingerprint density at radius 3 is 2.44 bits per heavy atom. The van der Waals surface area contributed by atoms with Gasteiger partial charge in [0.25, 0.3) is 0 Å². The Bertz CT molecular complexity index is 300. The van der Waals surface area contributed by atoms with Crippen LogP contribution >= 0.6 is 0 Å². The molecule has 0 heterocycles. The highest BCUT2D eigenvalue weighted by Gasteiger charge is 2.61. The summed E-state index contributed by atoms with van der Waals surface area (Å²) in [6, 6.07) is 0. The lowest BCUT2D eigenvalue weighted by atomic mass is 9.40. The summed E-state index contributed by atoms with van der Waals surface area (Å²) < 4.78 is 0. The molecule has 0 aromatic heterocycles. The third kappa shape index (κ3) is 1.94.